The second-order valence-electron chi connectivity index (χ2n) is 5.83. The second kappa shape index (κ2) is 5.83. The highest BCUT2D eigenvalue weighted by atomic mass is 16.8. The topological polar surface area (TPSA) is 54.0 Å². The number of carbonyl (C=O) groups excluding carboxylic acids is 1. The molecule has 0 aromatic heterocycles. The fraction of sp³-hybridized carbons (Fsp3) is 0.471. The molecule has 3 rings (SSSR count). The molecule has 2 fully saturated rings. The van der Waals surface area contributed by atoms with Crippen molar-refractivity contribution in [2.75, 3.05) is 0 Å². The van der Waals surface area contributed by atoms with Crippen molar-refractivity contribution in [1.82, 2.24) is 0 Å². The summed E-state index contributed by atoms with van der Waals surface area (Å²) in [4.78, 5) is 12.2. The highest BCUT2D eigenvalue weighted by molar-refractivity contribution is 5.89. The Hall–Kier alpha value is -1.69. The minimum atomic E-state index is -0.777. The Morgan fingerprint density at radius 1 is 1.18 bits per heavy atom. The maximum atomic E-state index is 12.2. The van der Waals surface area contributed by atoms with E-state index < -0.39 is 24.2 Å². The van der Waals surface area contributed by atoms with Gasteiger partial charge in [0.1, 0.15) is 12.2 Å². The van der Waals surface area contributed by atoms with Gasteiger partial charge in [-0.05, 0) is 32.9 Å². The smallest absolute Gasteiger partial charge is 0.340 e. The molecule has 0 amide bonds. The first-order chi connectivity index (χ1) is 10.5. The van der Waals surface area contributed by atoms with Gasteiger partial charge in [-0.1, -0.05) is 30.4 Å². The lowest BCUT2D eigenvalue weighted by atomic mass is 10.1. The summed E-state index contributed by atoms with van der Waals surface area (Å²) in [5, 5.41) is 0. The highest BCUT2D eigenvalue weighted by Crippen LogP contribution is 2.39. The molecule has 1 unspecified atom stereocenters. The predicted octanol–water partition coefficient (Wildman–Crippen LogP) is 2.66. The van der Waals surface area contributed by atoms with Gasteiger partial charge in [0.15, 0.2) is 11.9 Å². The van der Waals surface area contributed by atoms with E-state index in [0.717, 1.165) is 0 Å². The molecule has 2 saturated heterocycles. The fourth-order valence-corrected chi connectivity index (χ4v) is 2.78. The maximum absolute atomic E-state index is 12.2. The Bertz CT molecular complexity index is 566. The van der Waals surface area contributed by atoms with E-state index in [4.69, 9.17) is 18.9 Å². The third-order valence-corrected chi connectivity index (χ3v) is 3.66. The van der Waals surface area contributed by atoms with Crippen LogP contribution in [0.2, 0.25) is 0 Å². The van der Waals surface area contributed by atoms with Crippen molar-refractivity contribution in [3.8, 4) is 0 Å². The molecule has 0 bridgehead atoms. The lowest BCUT2D eigenvalue weighted by Gasteiger charge is -2.23. The van der Waals surface area contributed by atoms with Crippen LogP contribution >= 0.6 is 0 Å². The van der Waals surface area contributed by atoms with Gasteiger partial charge >= 0.3 is 5.97 Å². The molecule has 1 aromatic rings. The molecule has 4 atom stereocenters. The predicted molar refractivity (Wildman–Crippen MR) is 79.2 cm³/mol. The van der Waals surface area contributed by atoms with Crippen LogP contribution in [-0.2, 0) is 18.9 Å². The molecule has 0 spiro atoms. The van der Waals surface area contributed by atoms with Gasteiger partial charge in [0.05, 0.1) is 5.56 Å². The summed E-state index contributed by atoms with van der Waals surface area (Å²) in [5.74, 6) is -1.14. The molecule has 2 heterocycles. The summed E-state index contributed by atoms with van der Waals surface area (Å²) < 4.78 is 23.0. The number of fused-ring (bicyclic) bond motifs is 1. The van der Waals surface area contributed by atoms with Gasteiger partial charge < -0.3 is 18.9 Å². The molecule has 0 saturated carbocycles. The standard InChI is InChI=1S/C17H20O5/c1-4-8-12-13-14(22-17(2,3)21-13)16(19-12)20-15(18)11-9-6-5-7-10-11/h4-10,12-14,16H,1-3H3/b8-4-/t12-,13+,14+,16?/m0/s1. The van der Waals surface area contributed by atoms with Crippen LogP contribution in [0.5, 0.6) is 0 Å². The molecule has 22 heavy (non-hydrogen) atoms. The average molecular weight is 304 g/mol. The molecule has 1 aromatic carbocycles. The van der Waals surface area contributed by atoms with Crippen molar-refractivity contribution in [1.29, 1.82) is 0 Å². The van der Waals surface area contributed by atoms with E-state index in [1.807, 2.05) is 39.0 Å². The van der Waals surface area contributed by atoms with Gasteiger partial charge in [0.2, 0.25) is 6.29 Å². The van der Waals surface area contributed by atoms with E-state index in [1.54, 1.807) is 24.3 Å². The number of esters is 1. The number of rotatable bonds is 3. The van der Waals surface area contributed by atoms with Crippen LogP contribution in [0.25, 0.3) is 0 Å². The van der Waals surface area contributed by atoms with Crippen molar-refractivity contribution in [2.45, 2.75) is 51.2 Å². The quantitative estimate of drug-likeness (QED) is 0.635. The Morgan fingerprint density at radius 2 is 1.86 bits per heavy atom. The minimum Gasteiger partial charge on any atom is -0.429 e. The van der Waals surface area contributed by atoms with E-state index in [1.165, 1.54) is 0 Å². The number of carbonyl (C=O) groups is 1. The van der Waals surface area contributed by atoms with E-state index in [9.17, 15) is 4.79 Å². The van der Waals surface area contributed by atoms with Crippen molar-refractivity contribution in [3.05, 3.63) is 48.0 Å². The Morgan fingerprint density at radius 3 is 2.55 bits per heavy atom. The van der Waals surface area contributed by atoms with Crippen LogP contribution in [0.1, 0.15) is 31.1 Å². The Kier molecular flexibility index (Phi) is 4.04. The highest BCUT2D eigenvalue weighted by Gasteiger charge is 2.56. The number of ether oxygens (including phenoxy) is 4. The largest absolute Gasteiger partial charge is 0.429 e. The molecule has 0 N–H and O–H groups in total. The van der Waals surface area contributed by atoms with Crippen LogP contribution < -0.4 is 0 Å². The van der Waals surface area contributed by atoms with Crippen LogP contribution in [0, 0.1) is 0 Å². The van der Waals surface area contributed by atoms with Gasteiger partial charge in [-0.25, -0.2) is 4.79 Å². The first kappa shape index (κ1) is 15.2. The SMILES string of the molecule is C/C=C\[C@@H]1OC(OC(=O)c2ccccc2)[C@@H]2OC(C)(C)O[C@H]12. The third-order valence-electron chi connectivity index (χ3n) is 3.66. The van der Waals surface area contributed by atoms with Crippen LogP contribution in [0.15, 0.2) is 42.5 Å². The first-order valence-electron chi connectivity index (χ1n) is 7.40. The van der Waals surface area contributed by atoms with Crippen molar-refractivity contribution in [3.63, 3.8) is 0 Å². The van der Waals surface area contributed by atoms with Crippen LogP contribution in [-0.4, -0.2) is 36.4 Å². The molecule has 0 aliphatic carbocycles. The second-order valence-corrected chi connectivity index (χ2v) is 5.83. The summed E-state index contributed by atoms with van der Waals surface area (Å²) in [7, 11) is 0. The summed E-state index contributed by atoms with van der Waals surface area (Å²) in [5.41, 5.74) is 0.482. The number of hydrogen-bond donors (Lipinski definition) is 0. The number of allylic oxidation sites excluding steroid dienone is 1. The zero-order chi connectivity index (χ0) is 15.7. The zero-order valence-corrected chi connectivity index (χ0v) is 12.9. The molecule has 5 heteroatoms. The molecule has 118 valence electrons. The summed E-state index contributed by atoms with van der Waals surface area (Å²) in [6.45, 7) is 5.59. The van der Waals surface area contributed by atoms with Crippen molar-refractivity contribution < 1.29 is 23.7 Å². The Labute approximate surface area is 129 Å². The lowest BCUT2D eigenvalue weighted by Crippen LogP contribution is -2.33. The summed E-state index contributed by atoms with van der Waals surface area (Å²) in [6.07, 6.45) is 2.01. The van der Waals surface area contributed by atoms with Crippen LogP contribution in [0.3, 0.4) is 0 Å². The number of benzene rings is 1. The summed E-state index contributed by atoms with van der Waals surface area (Å²) in [6, 6.07) is 8.82. The van der Waals surface area contributed by atoms with Crippen molar-refractivity contribution in [2.24, 2.45) is 0 Å². The average Bonchev–Trinajstić information content (AvgIpc) is 2.96. The van der Waals surface area contributed by atoms with Gasteiger partial charge in [0.25, 0.3) is 0 Å². The molecular formula is C17H20O5. The van der Waals surface area contributed by atoms with E-state index in [2.05, 4.69) is 0 Å². The lowest BCUT2D eigenvalue weighted by molar-refractivity contribution is -0.214. The van der Waals surface area contributed by atoms with E-state index in [0.29, 0.717) is 5.56 Å². The molecule has 0 radical (unpaired) electrons. The van der Waals surface area contributed by atoms with E-state index in [-0.39, 0.29) is 12.2 Å². The van der Waals surface area contributed by atoms with Crippen LogP contribution in [0.4, 0.5) is 0 Å². The molecule has 2 aliphatic rings. The maximum Gasteiger partial charge on any atom is 0.340 e. The molecule has 5 nitrogen and oxygen atoms in total. The number of hydrogen-bond acceptors (Lipinski definition) is 5. The zero-order valence-electron chi connectivity index (χ0n) is 12.9. The third kappa shape index (κ3) is 2.92. The van der Waals surface area contributed by atoms with Gasteiger partial charge in [0, 0.05) is 0 Å². The fourth-order valence-electron chi connectivity index (χ4n) is 2.78. The minimum absolute atomic E-state index is 0.278. The van der Waals surface area contributed by atoms with Gasteiger partial charge in [-0.2, -0.15) is 0 Å². The Balaban J connectivity index is 1.75. The summed E-state index contributed by atoms with van der Waals surface area (Å²) >= 11 is 0. The molecule has 2 aliphatic heterocycles. The van der Waals surface area contributed by atoms with Gasteiger partial charge in [-0.3, -0.25) is 0 Å². The monoisotopic (exact) mass is 304 g/mol. The normalized spacial score (nSPS) is 33.0. The molecular weight excluding hydrogens is 284 g/mol. The van der Waals surface area contributed by atoms with Gasteiger partial charge in [-0.15, -0.1) is 0 Å². The van der Waals surface area contributed by atoms with Crippen molar-refractivity contribution >= 4 is 5.97 Å². The van der Waals surface area contributed by atoms with E-state index >= 15 is 0 Å². The first-order valence-corrected chi connectivity index (χ1v) is 7.40.